The molecule has 5 heteroatoms. The summed E-state index contributed by atoms with van der Waals surface area (Å²) in [6.45, 7) is 1.73. The van der Waals surface area contributed by atoms with E-state index in [-0.39, 0.29) is 24.2 Å². The molecule has 1 aromatic carbocycles. The number of nitrogens with one attached hydrogen (secondary N) is 1. The molecule has 4 nitrogen and oxygen atoms in total. The second-order valence-electron chi connectivity index (χ2n) is 5.84. The van der Waals surface area contributed by atoms with Crippen molar-refractivity contribution < 1.29 is 9.18 Å². The summed E-state index contributed by atoms with van der Waals surface area (Å²) in [5.41, 5.74) is 0.821. The van der Waals surface area contributed by atoms with Crippen molar-refractivity contribution in [3.8, 4) is 0 Å². The van der Waals surface area contributed by atoms with Gasteiger partial charge in [-0.2, -0.15) is 0 Å². The second kappa shape index (κ2) is 7.22. The molecule has 0 unspecified atom stereocenters. The number of carbonyl (C=O) groups is 1. The highest BCUT2D eigenvalue weighted by molar-refractivity contribution is 5.78. The van der Waals surface area contributed by atoms with Crippen LogP contribution in [-0.4, -0.2) is 30.0 Å². The number of piperidine rings is 1. The third-order valence-electron chi connectivity index (χ3n) is 4.04. The Hall–Kier alpha value is -2.43. The Labute approximate surface area is 135 Å². The number of hydrogen-bond donors (Lipinski definition) is 1. The first-order chi connectivity index (χ1) is 11.2. The van der Waals surface area contributed by atoms with E-state index in [0.29, 0.717) is 0 Å². The molecule has 1 aliphatic rings. The van der Waals surface area contributed by atoms with E-state index in [1.807, 2.05) is 18.2 Å². The Bertz CT molecular complexity index is 645. The van der Waals surface area contributed by atoms with Gasteiger partial charge in [0, 0.05) is 25.3 Å². The van der Waals surface area contributed by atoms with Gasteiger partial charge < -0.3 is 10.2 Å². The summed E-state index contributed by atoms with van der Waals surface area (Å²) < 4.78 is 12.9. The fourth-order valence-electron chi connectivity index (χ4n) is 2.91. The highest BCUT2D eigenvalue weighted by atomic mass is 19.1. The SMILES string of the molecule is O=C(Cc1ccc(F)cc1)N[C@H]1CCCN(c2ccccn2)C1. The van der Waals surface area contributed by atoms with Crippen molar-refractivity contribution in [3.63, 3.8) is 0 Å². The fourth-order valence-corrected chi connectivity index (χ4v) is 2.91. The molecule has 1 N–H and O–H groups in total. The van der Waals surface area contributed by atoms with Crippen molar-refractivity contribution in [1.82, 2.24) is 10.3 Å². The third kappa shape index (κ3) is 4.28. The van der Waals surface area contributed by atoms with Gasteiger partial charge in [0.15, 0.2) is 0 Å². The number of halogens is 1. The molecule has 3 rings (SSSR count). The van der Waals surface area contributed by atoms with Crippen molar-refractivity contribution in [2.45, 2.75) is 25.3 Å². The molecule has 120 valence electrons. The Morgan fingerprint density at radius 1 is 1.26 bits per heavy atom. The highest BCUT2D eigenvalue weighted by Crippen LogP contribution is 2.17. The molecule has 1 aromatic heterocycles. The molecule has 2 aromatic rings. The molecule has 23 heavy (non-hydrogen) atoms. The molecule has 0 bridgehead atoms. The monoisotopic (exact) mass is 313 g/mol. The summed E-state index contributed by atoms with van der Waals surface area (Å²) >= 11 is 0. The smallest absolute Gasteiger partial charge is 0.224 e. The molecular weight excluding hydrogens is 293 g/mol. The van der Waals surface area contributed by atoms with E-state index in [1.165, 1.54) is 12.1 Å². The predicted molar refractivity (Wildman–Crippen MR) is 87.7 cm³/mol. The van der Waals surface area contributed by atoms with E-state index in [0.717, 1.165) is 37.3 Å². The Morgan fingerprint density at radius 3 is 2.83 bits per heavy atom. The van der Waals surface area contributed by atoms with E-state index >= 15 is 0 Å². The van der Waals surface area contributed by atoms with Gasteiger partial charge >= 0.3 is 0 Å². The summed E-state index contributed by atoms with van der Waals surface area (Å²) in [7, 11) is 0. The Balaban J connectivity index is 1.55. The van der Waals surface area contributed by atoms with Crippen LogP contribution in [0.15, 0.2) is 48.7 Å². The summed E-state index contributed by atoms with van der Waals surface area (Å²) in [6.07, 6.45) is 4.06. The largest absolute Gasteiger partial charge is 0.355 e. The number of nitrogens with zero attached hydrogens (tertiary/aromatic N) is 2. The standard InChI is InChI=1S/C18H20FN3O/c19-15-8-6-14(7-9-15)12-18(23)21-16-4-3-11-22(13-16)17-5-1-2-10-20-17/h1-2,5-10,16H,3-4,11-13H2,(H,21,23)/t16-/m0/s1. The number of amides is 1. The van der Waals surface area contributed by atoms with Gasteiger partial charge in [0.05, 0.1) is 6.42 Å². The summed E-state index contributed by atoms with van der Waals surface area (Å²) in [5.74, 6) is 0.641. The quantitative estimate of drug-likeness (QED) is 0.943. The number of rotatable bonds is 4. The van der Waals surface area contributed by atoms with E-state index in [4.69, 9.17) is 0 Å². The summed E-state index contributed by atoms with van der Waals surface area (Å²) in [5, 5.41) is 3.08. The van der Waals surface area contributed by atoms with E-state index in [9.17, 15) is 9.18 Å². The number of carbonyl (C=O) groups excluding carboxylic acids is 1. The Kier molecular flexibility index (Phi) is 4.86. The van der Waals surface area contributed by atoms with Crippen LogP contribution in [0.4, 0.5) is 10.2 Å². The summed E-state index contributed by atoms with van der Waals surface area (Å²) in [6, 6.07) is 12.0. The molecule has 0 saturated carbocycles. The maximum atomic E-state index is 12.9. The molecule has 0 radical (unpaired) electrons. The van der Waals surface area contributed by atoms with Gasteiger partial charge in [0.1, 0.15) is 11.6 Å². The van der Waals surface area contributed by atoms with Crippen LogP contribution in [-0.2, 0) is 11.2 Å². The second-order valence-corrected chi connectivity index (χ2v) is 5.84. The van der Waals surface area contributed by atoms with E-state index < -0.39 is 0 Å². The van der Waals surface area contributed by atoms with Crippen molar-refractivity contribution in [2.75, 3.05) is 18.0 Å². The summed E-state index contributed by atoms with van der Waals surface area (Å²) in [4.78, 5) is 18.7. The van der Waals surface area contributed by atoms with Gasteiger partial charge in [-0.05, 0) is 42.7 Å². The van der Waals surface area contributed by atoms with E-state index in [1.54, 1.807) is 18.3 Å². The maximum absolute atomic E-state index is 12.9. The Morgan fingerprint density at radius 2 is 2.09 bits per heavy atom. The van der Waals surface area contributed by atoms with Gasteiger partial charge in [0.25, 0.3) is 0 Å². The van der Waals surface area contributed by atoms with Crippen LogP contribution in [0, 0.1) is 5.82 Å². The number of benzene rings is 1. The maximum Gasteiger partial charge on any atom is 0.224 e. The normalized spacial score (nSPS) is 17.8. The molecule has 1 atom stereocenters. The molecular formula is C18H20FN3O. The van der Waals surface area contributed by atoms with Crippen molar-refractivity contribution >= 4 is 11.7 Å². The number of pyridine rings is 1. The van der Waals surface area contributed by atoms with Crippen LogP contribution in [0.1, 0.15) is 18.4 Å². The van der Waals surface area contributed by atoms with Crippen LogP contribution in [0.25, 0.3) is 0 Å². The molecule has 1 aliphatic heterocycles. The number of anilines is 1. The van der Waals surface area contributed by atoms with Gasteiger partial charge in [0.2, 0.25) is 5.91 Å². The first-order valence-electron chi connectivity index (χ1n) is 7.90. The van der Waals surface area contributed by atoms with E-state index in [2.05, 4.69) is 15.2 Å². The minimum absolute atomic E-state index is 0.0236. The van der Waals surface area contributed by atoms with Crippen molar-refractivity contribution in [3.05, 3.63) is 60.0 Å². The third-order valence-corrected chi connectivity index (χ3v) is 4.04. The predicted octanol–water partition coefficient (Wildman–Crippen LogP) is 2.55. The van der Waals surface area contributed by atoms with Crippen LogP contribution in [0.5, 0.6) is 0 Å². The van der Waals surface area contributed by atoms with Crippen LogP contribution in [0.2, 0.25) is 0 Å². The lowest BCUT2D eigenvalue weighted by molar-refractivity contribution is -0.121. The lowest BCUT2D eigenvalue weighted by Crippen LogP contribution is -2.48. The topological polar surface area (TPSA) is 45.2 Å². The van der Waals surface area contributed by atoms with Gasteiger partial charge in [-0.25, -0.2) is 9.37 Å². The number of hydrogen-bond acceptors (Lipinski definition) is 3. The fraction of sp³-hybridized carbons (Fsp3) is 0.333. The van der Waals surface area contributed by atoms with Crippen molar-refractivity contribution in [1.29, 1.82) is 0 Å². The molecule has 0 spiro atoms. The number of aromatic nitrogens is 1. The van der Waals surface area contributed by atoms with Gasteiger partial charge in [-0.3, -0.25) is 4.79 Å². The average Bonchev–Trinajstić information content (AvgIpc) is 2.58. The molecule has 1 saturated heterocycles. The van der Waals surface area contributed by atoms with Gasteiger partial charge in [-0.1, -0.05) is 18.2 Å². The minimum Gasteiger partial charge on any atom is -0.355 e. The van der Waals surface area contributed by atoms with Crippen LogP contribution < -0.4 is 10.2 Å². The van der Waals surface area contributed by atoms with Gasteiger partial charge in [-0.15, -0.1) is 0 Å². The lowest BCUT2D eigenvalue weighted by atomic mass is 10.0. The van der Waals surface area contributed by atoms with Crippen LogP contribution >= 0.6 is 0 Å². The molecule has 1 amide bonds. The first kappa shape index (κ1) is 15.5. The highest BCUT2D eigenvalue weighted by Gasteiger charge is 2.22. The zero-order valence-electron chi connectivity index (χ0n) is 12.9. The molecule has 0 aliphatic carbocycles. The van der Waals surface area contributed by atoms with Crippen LogP contribution in [0.3, 0.4) is 0 Å². The zero-order chi connectivity index (χ0) is 16.1. The lowest BCUT2D eigenvalue weighted by Gasteiger charge is -2.34. The zero-order valence-corrected chi connectivity index (χ0v) is 12.9. The molecule has 1 fully saturated rings. The van der Waals surface area contributed by atoms with Crippen molar-refractivity contribution in [2.24, 2.45) is 0 Å². The first-order valence-corrected chi connectivity index (χ1v) is 7.90. The minimum atomic E-state index is -0.285. The average molecular weight is 313 g/mol. The molecule has 2 heterocycles.